The van der Waals surface area contributed by atoms with Crippen LogP contribution in [0.15, 0.2) is 6.07 Å². The molecule has 1 aromatic rings. The van der Waals surface area contributed by atoms with Crippen LogP contribution in [0.5, 0.6) is 0 Å². The van der Waals surface area contributed by atoms with Crippen LogP contribution in [-0.2, 0) is 0 Å². The third-order valence-electron chi connectivity index (χ3n) is 2.52. The van der Waals surface area contributed by atoms with E-state index in [9.17, 15) is 0 Å². The number of aromatic nitrogens is 2. The maximum absolute atomic E-state index is 5.86. The summed E-state index contributed by atoms with van der Waals surface area (Å²) in [6.45, 7) is 0.915. The van der Waals surface area contributed by atoms with Gasteiger partial charge in [0, 0.05) is 12.6 Å². The van der Waals surface area contributed by atoms with E-state index in [1.807, 2.05) is 0 Å². The molecule has 1 fully saturated rings. The Morgan fingerprint density at radius 1 is 1.33 bits per heavy atom. The van der Waals surface area contributed by atoms with Gasteiger partial charge in [-0.05, 0) is 18.8 Å². The van der Waals surface area contributed by atoms with E-state index in [0.29, 0.717) is 10.3 Å². The van der Waals surface area contributed by atoms with Gasteiger partial charge < -0.3 is 5.32 Å². The Hall–Kier alpha value is -0.540. The number of nitrogens with zero attached hydrogens (tertiary/aromatic N) is 2. The van der Waals surface area contributed by atoms with Crippen molar-refractivity contribution in [2.24, 2.45) is 5.92 Å². The molecule has 0 radical (unpaired) electrons. The van der Waals surface area contributed by atoms with E-state index in [2.05, 4.69) is 15.5 Å². The first-order valence-electron chi connectivity index (χ1n) is 5.18. The highest BCUT2D eigenvalue weighted by Gasteiger charge is 2.19. The van der Waals surface area contributed by atoms with Crippen LogP contribution >= 0.6 is 23.2 Å². The summed E-state index contributed by atoms with van der Waals surface area (Å²) < 4.78 is 0. The summed E-state index contributed by atoms with van der Waals surface area (Å²) in [5.74, 6) is 0.974. The number of hydrogen-bond acceptors (Lipinski definition) is 3. The highest BCUT2D eigenvalue weighted by molar-refractivity contribution is 6.33. The van der Waals surface area contributed by atoms with Crippen molar-refractivity contribution < 1.29 is 0 Å². The molecule has 1 N–H and O–H groups in total. The van der Waals surface area contributed by atoms with Gasteiger partial charge >= 0.3 is 0 Å². The van der Waals surface area contributed by atoms with E-state index < -0.39 is 0 Å². The van der Waals surface area contributed by atoms with Gasteiger partial charge in [-0.1, -0.05) is 36.0 Å². The van der Waals surface area contributed by atoms with Crippen molar-refractivity contribution in [3.8, 4) is 0 Å². The predicted molar refractivity (Wildman–Crippen MR) is 62.5 cm³/mol. The van der Waals surface area contributed by atoms with E-state index in [4.69, 9.17) is 23.2 Å². The van der Waals surface area contributed by atoms with Gasteiger partial charge in [0.05, 0.1) is 5.69 Å². The maximum Gasteiger partial charge on any atom is 0.174 e. The molecule has 0 aromatic carbocycles. The average molecular weight is 246 g/mol. The zero-order valence-electron chi connectivity index (χ0n) is 8.34. The van der Waals surface area contributed by atoms with Gasteiger partial charge in [-0.15, -0.1) is 10.2 Å². The van der Waals surface area contributed by atoms with Crippen molar-refractivity contribution in [1.82, 2.24) is 10.2 Å². The van der Waals surface area contributed by atoms with Crippen molar-refractivity contribution in [2.75, 3.05) is 11.9 Å². The van der Waals surface area contributed by atoms with E-state index in [1.165, 1.54) is 25.7 Å². The number of nitrogens with one attached hydrogen (secondary N) is 1. The van der Waals surface area contributed by atoms with E-state index in [-0.39, 0.29) is 0 Å². The predicted octanol–water partition coefficient (Wildman–Crippen LogP) is 3.39. The molecule has 1 saturated carbocycles. The average Bonchev–Trinajstić information content (AvgIpc) is 3.01. The minimum atomic E-state index is 0.365. The Bertz CT molecular complexity index is 339. The summed E-state index contributed by atoms with van der Waals surface area (Å²) in [5.41, 5.74) is 0.771. The molecule has 2 rings (SSSR count). The third-order valence-corrected chi connectivity index (χ3v) is 2.98. The van der Waals surface area contributed by atoms with Crippen LogP contribution in [0.4, 0.5) is 5.69 Å². The molecule has 0 atom stereocenters. The molecule has 0 bridgehead atoms. The van der Waals surface area contributed by atoms with Crippen molar-refractivity contribution >= 4 is 28.9 Å². The van der Waals surface area contributed by atoms with E-state index >= 15 is 0 Å². The SMILES string of the molecule is Clc1cc(NCCCC2CC2)c(Cl)nn1. The Labute approximate surface area is 99.2 Å². The molecule has 15 heavy (non-hydrogen) atoms. The van der Waals surface area contributed by atoms with Gasteiger partial charge in [-0.25, -0.2) is 0 Å². The minimum absolute atomic E-state index is 0.365. The smallest absolute Gasteiger partial charge is 0.174 e. The van der Waals surface area contributed by atoms with Crippen LogP contribution in [0.1, 0.15) is 25.7 Å². The molecule has 0 aliphatic heterocycles. The molecule has 1 aliphatic rings. The minimum Gasteiger partial charge on any atom is -0.382 e. The van der Waals surface area contributed by atoms with Crippen LogP contribution < -0.4 is 5.32 Å². The maximum atomic E-state index is 5.86. The van der Waals surface area contributed by atoms with Crippen LogP contribution in [0.2, 0.25) is 10.3 Å². The Morgan fingerprint density at radius 2 is 2.13 bits per heavy atom. The summed E-state index contributed by atoms with van der Waals surface area (Å²) >= 11 is 11.6. The first-order valence-corrected chi connectivity index (χ1v) is 5.94. The third kappa shape index (κ3) is 3.50. The van der Waals surface area contributed by atoms with Crippen molar-refractivity contribution in [1.29, 1.82) is 0 Å². The fourth-order valence-corrected chi connectivity index (χ4v) is 1.80. The number of anilines is 1. The normalized spacial score (nSPS) is 15.3. The fraction of sp³-hybridized carbons (Fsp3) is 0.600. The molecule has 5 heteroatoms. The van der Waals surface area contributed by atoms with Crippen molar-refractivity contribution in [3.05, 3.63) is 16.4 Å². The molecule has 1 aromatic heterocycles. The van der Waals surface area contributed by atoms with Crippen LogP contribution in [0.3, 0.4) is 0 Å². The van der Waals surface area contributed by atoms with E-state index in [1.54, 1.807) is 6.07 Å². The standard InChI is InChI=1S/C10H13Cl2N3/c11-9-6-8(10(12)15-14-9)13-5-1-2-7-3-4-7/h6-7H,1-5H2,(H,13,14). The Morgan fingerprint density at radius 3 is 2.87 bits per heavy atom. The lowest BCUT2D eigenvalue weighted by Crippen LogP contribution is -2.03. The molecule has 1 heterocycles. The van der Waals surface area contributed by atoms with Gasteiger partial charge in [0.2, 0.25) is 0 Å². The Kier molecular flexibility index (Phi) is 3.65. The van der Waals surface area contributed by atoms with Gasteiger partial charge in [0.1, 0.15) is 0 Å². The molecule has 0 saturated heterocycles. The molecule has 0 spiro atoms. The second kappa shape index (κ2) is 4.99. The van der Waals surface area contributed by atoms with Crippen LogP contribution in [0.25, 0.3) is 0 Å². The lowest BCUT2D eigenvalue weighted by atomic mass is 10.2. The Balaban J connectivity index is 1.78. The molecular weight excluding hydrogens is 233 g/mol. The monoisotopic (exact) mass is 245 g/mol. The van der Waals surface area contributed by atoms with Gasteiger partial charge in [-0.3, -0.25) is 0 Å². The second-order valence-corrected chi connectivity index (χ2v) is 4.63. The van der Waals surface area contributed by atoms with Crippen LogP contribution in [0, 0.1) is 5.92 Å². The molecule has 82 valence electrons. The molecule has 0 unspecified atom stereocenters. The number of hydrogen-bond donors (Lipinski definition) is 1. The van der Waals surface area contributed by atoms with Gasteiger partial charge in [0.15, 0.2) is 10.3 Å². The summed E-state index contributed by atoms with van der Waals surface area (Å²) in [6, 6.07) is 1.70. The summed E-state index contributed by atoms with van der Waals surface area (Å²) in [4.78, 5) is 0. The zero-order valence-corrected chi connectivity index (χ0v) is 9.85. The summed E-state index contributed by atoms with van der Waals surface area (Å²) in [5, 5.41) is 11.3. The molecular formula is C10H13Cl2N3. The van der Waals surface area contributed by atoms with Gasteiger partial charge in [-0.2, -0.15) is 0 Å². The highest BCUT2D eigenvalue weighted by Crippen LogP contribution is 2.33. The lowest BCUT2D eigenvalue weighted by Gasteiger charge is -2.06. The summed E-state index contributed by atoms with van der Waals surface area (Å²) in [6.07, 6.45) is 5.28. The van der Waals surface area contributed by atoms with Crippen LogP contribution in [-0.4, -0.2) is 16.7 Å². The topological polar surface area (TPSA) is 37.8 Å². The number of halogens is 2. The molecule has 0 amide bonds. The van der Waals surface area contributed by atoms with Crippen molar-refractivity contribution in [2.45, 2.75) is 25.7 Å². The van der Waals surface area contributed by atoms with Gasteiger partial charge in [0.25, 0.3) is 0 Å². The van der Waals surface area contributed by atoms with Crippen molar-refractivity contribution in [3.63, 3.8) is 0 Å². The largest absolute Gasteiger partial charge is 0.382 e. The second-order valence-electron chi connectivity index (χ2n) is 3.88. The fourth-order valence-electron chi connectivity index (χ4n) is 1.50. The molecule has 3 nitrogen and oxygen atoms in total. The zero-order chi connectivity index (χ0) is 10.7. The number of rotatable bonds is 5. The van der Waals surface area contributed by atoms with E-state index in [0.717, 1.165) is 18.2 Å². The molecule has 1 aliphatic carbocycles. The lowest BCUT2D eigenvalue weighted by molar-refractivity contribution is 0.687. The highest BCUT2D eigenvalue weighted by atomic mass is 35.5. The first-order chi connectivity index (χ1) is 7.25. The first kappa shape index (κ1) is 11.0. The quantitative estimate of drug-likeness (QED) is 0.809. The summed E-state index contributed by atoms with van der Waals surface area (Å²) in [7, 11) is 0.